The number of amides is 1. The van der Waals surface area contributed by atoms with Gasteiger partial charge in [-0.15, -0.1) is 0 Å². The van der Waals surface area contributed by atoms with Gasteiger partial charge in [0.2, 0.25) is 0 Å². The van der Waals surface area contributed by atoms with Crippen LogP contribution in [0.1, 0.15) is 45.2 Å². The van der Waals surface area contributed by atoms with Crippen molar-refractivity contribution >= 4 is 39.9 Å². The second kappa shape index (κ2) is 7.99. The maximum Gasteiger partial charge on any atom is 0.410 e. The molecule has 5 nitrogen and oxygen atoms in total. The van der Waals surface area contributed by atoms with Gasteiger partial charge in [-0.05, 0) is 90.9 Å². The molecule has 0 spiro atoms. The Hall–Kier alpha value is -3.05. The molecule has 0 unspecified atom stereocenters. The first-order chi connectivity index (χ1) is 16.7. The largest absolute Gasteiger partial charge is 0.488 e. The van der Waals surface area contributed by atoms with Crippen molar-refractivity contribution in [3.8, 4) is 16.9 Å². The lowest BCUT2D eigenvalue weighted by Crippen LogP contribution is -2.43. The van der Waals surface area contributed by atoms with Crippen LogP contribution in [0.2, 0.25) is 5.02 Å². The van der Waals surface area contributed by atoms with Gasteiger partial charge in [0, 0.05) is 29.3 Å². The number of carbonyl (C=O) groups excluding carboxylic acids is 1. The van der Waals surface area contributed by atoms with Crippen molar-refractivity contribution in [2.75, 3.05) is 6.54 Å². The Morgan fingerprint density at radius 2 is 1.97 bits per heavy atom. The summed E-state index contributed by atoms with van der Waals surface area (Å²) in [6, 6.07) is 14.5. The van der Waals surface area contributed by atoms with E-state index >= 15 is 0 Å². The summed E-state index contributed by atoms with van der Waals surface area (Å²) in [5.74, 6) is 1.30. The van der Waals surface area contributed by atoms with Gasteiger partial charge >= 0.3 is 6.09 Å². The van der Waals surface area contributed by atoms with Crippen LogP contribution in [-0.2, 0) is 17.8 Å². The predicted octanol–water partition coefficient (Wildman–Crippen LogP) is 7.33. The van der Waals surface area contributed by atoms with Crippen LogP contribution in [-0.4, -0.2) is 34.9 Å². The van der Waals surface area contributed by atoms with Gasteiger partial charge in [-0.1, -0.05) is 30.7 Å². The van der Waals surface area contributed by atoms with Crippen LogP contribution in [0.15, 0.2) is 47.5 Å². The summed E-state index contributed by atoms with van der Waals surface area (Å²) in [4.78, 5) is 19.9. The van der Waals surface area contributed by atoms with Crippen molar-refractivity contribution in [3.63, 3.8) is 0 Å². The molecule has 3 aliphatic rings. The van der Waals surface area contributed by atoms with Crippen molar-refractivity contribution in [2.45, 2.75) is 58.8 Å². The molecule has 0 aliphatic carbocycles. The lowest BCUT2D eigenvalue weighted by Gasteiger charge is -2.28. The van der Waals surface area contributed by atoms with Crippen LogP contribution >= 0.6 is 11.6 Å². The molecule has 2 atom stereocenters. The van der Waals surface area contributed by atoms with Gasteiger partial charge < -0.3 is 9.47 Å². The zero-order chi connectivity index (χ0) is 24.5. The molecule has 0 aromatic heterocycles. The minimum absolute atomic E-state index is 0.0344. The molecule has 6 heteroatoms. The fourth-order valence-electron chi connectivity index (χ4n) is 5.58. The average molecular weight is 489 g/mol. The topological polar surface area (TPSA) is 51.1 Å². The molecule has 1 fully saturated rings. The number of halogens is 1. The smallest absolute Gasteiger partial charge is 0.410 e. The van der Waals surface area contributed by atoms with Crippen LogP contribution in [0.25, 0.3) is 21.9 Å². The molecule has 6 rings (SSSR count). The monoisotopic (exact) mass is 488 g/mol. The number of hydrogen-bond donors (Lipinski definition) is 0. The van der Waals surface area contributed by atoms with Crippen LogP contribution in [0, 0.1) is 5.92 Å². The van der Waals surface area contributed by atoms with Crippen molar-refractivity contribution in [3.05, 3.63) is 58.6 Å². The van der Waals surface area contributed by atoms with Gasteiger partial charge in [0.1, 0.15) is 18.0 Å². The average Bonchev–Trinajstić information content (AvgIpc) is 3.40. The Morgan fingerprint density at radius 3 is 2.77 bits per heavy atom. The fraction of sp³-hybridized carbons (Fsp3) is 0.379. The summed E-state index contributed by atoms with van der Waals surface area (Å²) < 4.78 is 11.9. The molecular weight excluding hydrogens is 460 g/mol. The van der Waals surface area contributed by atoms with Crippen LogP contribution in [0.4, 0.5) is 10.5 Å². The summed E-state index contributed by atoms with van der Waals surface area (Å²) in [7, 11) is 0. The van der Waals surface area contributed by atoms with Crippen molar-refractivity contribution in [1.29, 1.82) is 0 Å². The molecule has 0 saturated carbocycles. The SMILES string of the molecule is C[C@H]1C[C@@H](C2=Nc3ccc4cc5c(cc4c3C2)OCc2cc(Cl)ccc2-5)N(C(=O)OC(C)(C)C)C1. The van der Waals surface area contributed by atoms with Crippen molar-refractivity contribution in [2.24, 2.45) is 10.9 Å². The number of carbonyl (C=O) groups is 1. The lowest BCUT2D eigenvalue weighted by molar-refractivity contribution is 0.0260. The number of rotatable bonds is 1. The van der Waals surface area contributed by atoms with Gasteiger partial charge in [-0.2, -0.15) is 0 Å². The molecule has 3 aromatic carbocycles. The van der Waals surface area contributed by atoms with E-state index in [4.69, 9.17) is 26.1 Å². The van der Waals surface area contributed by atoms with Gasteiger partial charge in [-0.3, -0.25) is 9.89 Å². The highest BCUT2D eigenvalue weighted by molar-refractivity contribution is 6.30. The quantitative estimate of drug-likeness (QED) is 0.360. The van der Waals surface area contributed by atoms with E-state index in [1.165, 1.54) is 11.1 Å². The second-order valence-corrected chi connectivity index (χ2v) is 11.4. The van der Waals surface area contributed by atoms with Gasteiger partial charge in [0.05, 0.1) is 11.7 Å². The molecule has 3 aromatic rings. The number of ether oxygens (including phenoxy) is 2. The summed E-state index contributed by atoms with van der Waals surface area (Å²) in [5.41, 5.74) is 6.08. The molecule has 3 aliphatic heterocycles. The Balaban J connectivity index is 1.34. The first kappa shape index (κ1) is 22.4. The first-order valence-electron chi connectivity index (χ1n) is 12.2. The highest BCUT2D eigenvalue weighted by atomic mass is 35.5. The number of likely N-dealkylation sites (tertiary alicyclic amines) is 1. The minimum atomic E-state index is -0.521. The lowest BCUT2D eigenvalue weighted by atomic mass is 9.91. The van der Waals surface area contributed by atoms with Crippen molar-refractivity contribution < 1.29 is 14.3 Å². The van der Waals surface area contributed by atoms with E-state index in [2.05, 4.69) is 37.3 Å². The third-order valence-electron chi connectivity index (χ3n) is 7.09. The minimum Gasteiger partial charge on any atom is -0.488 e. The van der Waals surface area contributed by atoms with Crippen LogP contribution in [0.5, 0.6) is 5.75 Å². The third-order valence-corrected chi connectivity index (χ3v) is 7.33. The summed E-state index contributed by atoms with van der Waals surface area (Å²) >= 11 is 6.20. The molecule has 180 valence electrons. The Morgan fingerprint density at radius 1 is 1.14 bits per heavy atom. The molecule has 0 radical (unpaired) electrons. The number of nitrogens with zero attached hydrogens (tertiary/aromatic N) is 2. The fourth-order valence-corrected chi connectivity index (χ4v) is 5.77. The molecule has 1 saturated heterocycles. The summed E-state index contributed by atoms with van der Waals surface area (Å²) in [5, 5.41) is 3.04. The van der Waals surface area contributed by atoms with Crippen LogP contribution in [0.3, 0.4) is 0 Å². The Kier molecular flexibility index (Phi) is 5.12. The highest BCUT2D eigenvalue weighted by Crippen LogP contribution is 2.44. The third kappa shape index (κ3) is 3.96. The van der Waals surface area contributed by atoms with Crippen LogP contribution < -0.4 is 4.74 Å². The second-order valence-electron chi connectivity index (χ2n) is 11.0. The maximum atomic E-state index is 13.0. The molecule has 0 bridgehead atoms. The van der Waals surface area contributed by atoms with E-state index in [0.29, 0.717) is 19.1 Å². The zero-order valence-corrected chi connectivity index (χ0v) is 21.3. The van der Waals surface area contributed by atoms with E-state index in [1.807, 2.05) is 37.8 Å². The van der Waals surface area contributed by atoms with Crippen molar-refractivity contribution in [1.82, 2.24) is 4.90 Å². The van der Waals surface area contributed by atoms with E-state index in [9.17, 15) is 4.79 Å². The Labute approximate surface area is 210 Å². The molecule has 35 heavy (non-hydrogen) atoms. The van der Waals surface area contributed by atoms with Gasteiger partial charge in [-0.25, -0.2) is 4.79 Å². The standard InChI is InChI=1S/C29H29ClN2O3/c1-16-9-26(32(14-16)28(33)35-29(2,3)4)25-12-22-21-13-27-23(11-17(21)5-8-24(22)31-25)20-7-6-19(30)10-18(20)15-34-27/h5-8,10-11,13,16,26H,9,12,14-15H2,1-4H3/t16-,26-/m0/s1. The molecular formula is C29H29ClN2O3. The van der Waals surface area contributed by atoms with Gasteiger partial charge in [0.15, 0.2) is 0 Å². The predicted molar refractivity (Wildman–Crippen MR) is 140 cm³/mol. The number of benzene rings is 3. The van der Waals surface area contributed by atoms with E-state index in [0.717, 1.165) is 56.9 Å². The number of fused-ring (bicyclic) bond motifs is 6. The molecule has 1 amide bonds. The number of aliphatic imine (C=N–C) groups is 1. The first-order valence-corrected chi connectivity index (χ1v) is 12.6. The van der Waals surface area contributed by atoms with E-state index < -0.39 is 5.60 Å². The summed E-state index contributed by atoms with van der Waals surface area (Å²) in [6.07, 6.45) is 1.38. The molecule has 0 N–H and O–H groups in total. The van der Waals surface area contributed by atoms with E-state index in [1.54, 1.807) is 0 Å². The zero-order valence-electron chi connectivity index (χ0n) is 20.5. The Bertz CT molecular complexity index is 1410. The maximum absolute atomic E-state index is 13.0. The summed E-state index contributed by atoms with van der Waals surface area (Å²) in [6.45, 7) is 9.11. The molecule has 3 heterocycles. The highest BCUT2D eigenvalue weighted by Gasteiger charge is 2.40. The van der Waals surface area contributed by atoms with E-state index in [-0.39, 0.29) is 12.1 Å². The van der Waals surface area contributed by atoms with Gasteiger partial charge in [0.25, 0.3) is 0 Å². The number of hydrogen-bond acceptors (Lipinski definition) is 4. The normalized spacial score (nSPS) is 20.7.